The van der Waals surface area contributed by atoms with Gasteiger partial charge in [0.05, 0.1) is 0 Å². The van der Waals surface area contributed by atoms with Crippen molar-refractivity contribution in [2.24, 2.45) is 0 Å². The Hall–Kier alpha value is -2.25. The van der Waals surface area contributed by atoms with Crippen molar-refractivity contribution in [3.05, 3.63) is 34.9 Å². The third-order valence-electron chi connectivity index (χ3n) is 6.09. The number of rotatable bonds is 4. The van der Waals surface area contributed by atoms with Crippen LogP contribution in [0.1, 0.15) is 60.0 Å². The summed E-state index contributed by atoms with van der Waals surface area (Å²) in [6.07, 6.45) is 5.40. The fourth-order valence-electron chi connectivity index (χ4n) is 4.46. The van der Waals surface area contributed by atoms with Crippen LogP contribution < -0.4 is 16.0 Å². The average Bonchev–Trinajstić information content (AvgIpc) is 2.98. The zero-order valence-electron chi connectivity index (χ0n) is 16.1. The van der Waals surface area contributed by atoms with E-state index in [1.165, 1.54) is 19.3 Å². The van der Waals surface area contributed by atoms with Crippen molar-refractivity contribution in [3.63, 3.8) is 0 Å². The van der Waals surface area contributed by atoms with Crippen molar-refractivity contribution in [1.29, 1.82) is 0 Å². The molecule has 2 atom stereocenters. The Bertz CT molecular complexity index is 771. The van der Waals surface area contributed by atoms with Gasteiger partial charge in [-0.3, -0.25) is 19.7 Å². The number of amides is 3. The van der Waals surface area contributed by atoms with Gasteiger partial charge in [0.2, 0.25) is 11.8 Å². The Morgan fingerprint density at radius 1 is 1.07 bits per heavy atom. The van der Waals surface area contributed by atoms with Gasteiger partial charge < -0.3 is 15.5 Å². The van der Waals surface area contributed by atoms with Gasteiger partial charge in [-0.1, -0.05) is 18.6 Å². The molecule has 2 saturated heterocycles. The smallest absolute Gasteiger partial charge is 0.255 e. The molecular weight excluding hydrogens is 356 g/mol. The van der Waals surface area contributed by atoms with Gasteiger partial charge in [0.15, 0.2) is 0 Å². The molecule has 150 valence electrons. The molecular formula is C21H28N4O3. The summed E-state index contributed by atoms with van der Waals surface area (Å²) in [6.45, 7) is 3.30. The second-order valence-corrected chi connectivity index (χ2v) is 7.96. The molecule has 1 aromatic carbocycles. The van der Waals surface area contributed by atoms with Crippen LogP contribution in [0.25, 0.3) is 0 Å². The molecule has 3 amide bonds. The van der Waals surface area contributed by atoms with Crippen molar-refractivity contribution < 1.29 is 14.4 Å². The molecule has 7 heteroatoms. The molecule has 1 aromatic rings. The average molecular weight is 384 g/mol. The summed E-state index contributed by atoms with van der Waals surface area (Å²) in [5.74, 6) is -0.732. The Labute approximate surface area is 165 Å². The molecule has 4 rings (SSSR count). The van der Waals surface area contributed by atoms with Gasteiger partial charge in [-0.05, 0) is 56.0 Å². The lowest BCUT2D eigenvalue weighted by molar-refractivity contribution is -0.136. The summed E-state index contributed by atoms with van der Waals surface area (Å²) in [5, 5.41) is 9.48. The maximum absolute atomic E-state index is 12.9. The monoisotopic (exact) mass is 384 g/mol. The van der Waals surface area contributed by atoms with Crippen molar-refractivity contribution in [2.75, 3.05) is 13.1 Å². The minimum Gasteiger partial charge on any atom is -0.322 e. The fraction of sp³-hybridized carbons (Fsp3) is 0.571. The zero-order valence-corrected chi connectivity index (χ0v) is 16.1. The topological polar surface area (TPSA) is 90.5 Å². The highest BCUT2D eigenvalue weighted by Crippen LogP contribution is 2.30. The van der Waals surface area contributed by atoms with E-state index >= 15 is 0 Å². The molecule has 0 saturated carbocycles. The second kappa shape index (κ2) is 8.41. The number of benzene rings is 1. The lowest BCUT2D eigenvalue weighted by Crippen LogP contribution is -2.52. The lowest BCUT2D eigenvalue weighted by atomic mass is 10.0. The minimum atomic E-state index is -0.560. The molecule has 2 unspecified atom stereocenters. The second-order valence-electron chi connectivity index (χ2n) is 7.96. The molecule has 2 fully saturated rings. The van der Waals surface area contributed by atoms with Gasteiger partial charge in [-0.25, -0.2) is 0 Å². The molecule has 3 aliphatic rings. The highest BCUT2D eigenvalue weighted by molar-refractivity contribution is 6.05. The number of fused-ring (bicyclic) bond motifs is 1. The van der Waals surface area contributed by atoms with Crippen LogP contribution in [0.15, 0.2) is 18.2 Å². The Morgan fingerprint density at radius 2 is 1.96 bits per heavy atom. The first kappa shape index (κ1) is 19.1. The molecule has 0 radical (unpaired) electrons. The van der Waals surface area contributed by atoms with Crippen LogP contribution in [0.4, 0.5) is 0 Å². The van der Waals surface area contributed by atoms with Crippen LogP contribution in [0.5, 0.6) is 0 Å². The summed E-state index contributed by atoms with van der Waals surface area (Å²) < 4.78 is 0. The van der Waals surface area contributed by atoms with Crippen LogP contribution in [-0.4, -0.2) is 47.8 Å². The number of hydrogen-bond donors (Lipinski definition) is 3. The van der Waals surface area contributed by atoms with Gasteiger partial charge in [0.1, 0.15) is 6.04 Å². The fourth-order valence-corrected chi connectivity index (χ4v) is 4.46. The van der Waals surface area contributed by atoms with Gasteiger partial charge in [0.25, 0.3) is 5.91 Å². The quantitative estimate of drug-likeness (QED) is 0.676. The summed E-state index contributed by atoms with van der Waals surface area (Å²) in [6, 6.07) is 5.74. The molecule has 28 heavy (non-hydrogen) atoms. The third-order valence-corrected chi connectivity index (χ3v) is 6.09. The highest BCUT2D eigenvalue weighted by Gasteiger charge is 2.39. The van der Waals surface area contributed by atoms with E-state index in [9.17, 15) is 14.4 Å². The number of nitrogens with one attached hydrogen (secondary N) is 3. The zero-order chi connectivity index (χ0) is 19.5. The summed E-state index contributed by atoms with van der Waals surface area (Å²) in [7, 11) is 0. The molecule has 3 aliphatic heterocycles. The molecule has 0 aliphatic carbocycles. The maximum atomic E-state index is 12.9. The van der Waals surface area contributed by atoms with Crippen LogP contribution in [0.2, 0.25) is 0 Å². The Balaban J connectivity index is 1.45. The molecule has 0 spiro atoms. The van der Waals surface area contributed by atoms with Crippen molar-refractivity contribution in [3.8, 4) is 0 Å². The predicted octanol–water partition coefficient (Wildman–Crippen LogP) is 1.07. The van der Waals surface area contributed by atoms with E-state index in [2.05, 4.69) is 22.0 Å². The Morgan fingerprint density at radius 3 is 2.82 bits per heavy atom. The maximum Gasteiger partial charge on any atom is 0.255 e. The van der Waals surface area contributed by atoms with E-state index in [1.54, 1.807) is 4.90 Å². The molecule has 0 aromatic heterocycles. The number of hydrogen-bond acceptors (Lipinski definition) is 5. The summed E-state index contributed by atoms with van der Waals surface area (Å²) in [4.78, 5) is 38.2. The van der Waals surface area contributed by atoms with E-state index in [0.717, 1.165) is 37.2 Å². The lowest BCUT2D eigenvalue weighted by Gasteiger charge is -2.29. The van der Waals surface area contributed by atoms with E-state index in [-0.39, 0.29) is 24.1 Å². The standard InChI is InChI=1S/C21H28N4O3/c26-19-8-7-18(20(27)24-19)25-13-17-14(4-3-6-16(17)21(25)28)12-23-15-5-1-2-10-22-11-9-15/h3-4,6,15,18,22-23H,1-2,5,7-13H2,(H,24,26,27). The Kier molecular flexibility index (Phi) is 5.73. The number of piperidine rings is 1. The van der Waals surface area contributed by atoms with Gasteiger partial charge in [-0.2, -0.15) is 0 Å². The molecule has 7 nitrogen and oxygen atoms in total. The minimum absolute atomic E-state index is 0.110. The SMILES string of the molecule is O=C1CCC(N2Cc3c(CNC4CCCCNCC4)cccc3C2=O)C(=O)N1. The van der Waals surface area contributed by atoms with Gasteiger partial charge in [0, 0.05) is 31.1 Å². The van der Waals surface area contributed by atoms with Gasteiger partial charge >= 0.3 is 0 Å². The van der Waals surface area contributed by atoms with Gasteiger partial charge in [-0.15, -0.1) is 0 Å². The van der Waals surface area contributed by atoms with Crippen molar-refractivity contribution in [2.45, 2.75) is 63.7 Å². The van der Waals surface area contributed by atoms with E-state index in [0.29, 0.717) is 24.6 Å². The number of nitrogens with zero attached hydrogens (tertiary/aromatic N) is 1. The first-order valence-corrected chi connectivity index (χ1v) is 10.3. The summed E-state index contributed by atoms with van der Waals surface area (Å²) >= 11 is 0. The number of imide groups is 1. The van der Waals surface area contributed by atoms with E-state index in [4.69, 9.17) is 0 Å². The van der Waals surface area contributed by atoms with E-state index in [1.807, 2.05) is 12.1 Å². The van der Waals surface area contributed by atoms with Crippen LogP contribution in [0.3, 0.4) is 0 Å². The van der Waals surface area contributed by atoms with Crippen LogP contribution in [-0.2, 0) is 22.7 Å². The molecule has 0 bridgehead atoms. The highest BCUT2D eigenvalue weighted by atomic mass is 16.2. The first-order valence-electron chi connectivity index (χ1n) is 10.3. The number of carbonyl (C=O) groups excluding carboxylic acids is 3. The van der Waals surface area contributed by atoms with Crippen molar-refractivity contribution in [1.82, 2.24) is 20.9 Å². The number of carbonyl (C=O) groups is 3. The van der Waals surface area contributed by atoms with Crippen molar-refractivity contribution >= 4 is 17.7 Å². The summed E-state index contributed by atoms with van der Waals surface area (Å²) in [5.41, 5.74) is 2.81. The third kappa shape index (κ3) is 3.95. The van der Waals surface area contributed by atoms with Crippen LogP contribution in [0, 0.1) is 0 Å². The first-order chi connectivity index (χ1) is 13.6. The predicted molar refractivity (Wildman–Crippen MR) is 104 cm³/mol. The van der Waals surface area contributed by atoms with E-state index < -0.39 is 6.04 Å². The normalized spacial score (nSPS) is 25.9. The largest absolute Gasteiger partial charge is 0.322 e. The molecule has 3 N–H and O–H groups in total. The molecule has 3 heterocycles. The van der Waals surface area contributed by atoms with Crippen LogP contribution >= 0.6 is 0 Å².